The highest BCUT2D eigenvalue weighted by molar-refractivity contribution is 5.92. The summed E-state index contributed by atoms with van der Waals surface area (Å²) < 4.78 is 0. The summed E-state index contributed by atoms with van der Waals surface area (Å²) in [5, 5.41) is 21.1. The average molecular weight is 359 g/mol. The molecule has 0 bridgehead atoms. The van der Waals surface area contributed by atoms with E-state index in [2.05, 4.69) is 27.3 Å². The molecule has 6 nitrogen and oxygen atoms in total. The van der Waals surface area contributed by atoms with E-state index in [4.69, 9.17) is 5.26 Å². The summed E-state index contributed by atoms with van der Waals surface area (Å²) in [7, 11) is 0. The van der Waals surface area contributed by atoms with Gasteiger partial charge in [0, 0.05) is 31.9 Å². The van der Waals surface area contributed by atoms with E-state index >= 15 is 0 Å². The first-order valence-electron chi connectivity index (χ1n) is 8.96. The lowest BCUT2D eigenvalue weighted by Gasteiger charge is -2.24. The largest absolute Gasteiger partial charge is 0.369 e. The van der Waals surface area contributed by atoms with Crippen LogP contribution in [0.3, 0.4) is 0 Å². The average Bonchev–Trinajstić information content (AvgIpc) is 2.93. The highest BCUT2D eigenvalue weighted by Gasteiger charge is 2.19. The van der Waals surface area contributed by atoms with Crippen LogP contribution in [0.4, 0.5) is 11.4 Å². The highest BCUT2D eigenvalue weighted by atomic mass is 16.2. The maximum atomic E-state index is 12.4. The van der Waals surface area contributed by atoms with Gasteiger partial charge in [-0.25, -0.2) is 0 Å². The molecule has 0 aliphatic carbocycles. The molecule has 1 fully saturated rings. The first-order valence-corrected chi connectivity index (χ1v) is 8.96. The topological polar surface area (TPSA) is 83.2 Å². The molecule has 0 aromatic heterocycles. The van der Waals surface area contributed by atoms with Gasteiger partial charge in [0.05, 0.1) is 29.4 Å². The SMILES string of the molecule is N#Cc1cccc(NC(=O)CN2CCCN(c3ccccc3C#N)CC2)c1. The van der Waals surface area contributed by atoms with E-state index in [9.17, 15) is 10.1 Å². The second-order valence-corrected chi connectivity index (χ2v) is 6.49. The minimum Gasteiger partial charge on any atom is -0.369 e. The molecule has 0 atom stereocenters. The van der Waals surface area contributed by atoms with Gasteiger partial charge in [-0.3, -0.25) is 9.69 Å². The van der Waals surface area contributed by atoms with Gasteiger partial charge in [0.2, 0.25) is 5.91 Å². The third kappa shape index (κ3) is 4.84. The number of carbonyl (C=O) groups excluding carboxylic acids is 1. The van der Waals surface area contributed by atoms with Gasteiger partial charge in [-0.15, -0.1) is 0 Å². The molecule has 3 rings (SSSR count). The van der Waals surface area contributed by atoms with Gasteiger partial charge in [0.15, 0.2) is 0 Å². The van der Waals surface area contributed by atoms with Crippen LogP contribution in [0, 0.1) is 22.7 Å². The Morgan fingerprint density at radius 2 is 1.85 bits per heavy atom. The number of benzene rings is 2. The van der Waals surface area contributed by atoms with Crippen molar-refractivity contribution in [3.05, 3.63) is 59.7 Å². The monoisotopic (exact) mass is 359 g/mol. The van der Waals surface area contributed by atoms with Gasteiger partial charge in [0.25, 0.3) is 0 Å². The normalized spacial score (nSPS) is 14.7. The molecule has 2 aromatic rings. The molecule has 0 unspecified atom stereocenters. The molecule has 1 amide bonds. The first kappa shape index (κ1) is 18.4. The van der Waals surface area contributed by atoms with Crippen molar-refractivity contribution in [2.75, 3.05) is 42.9 Å². The van der Waals surface area contributed by atoms with E-state index in [0.29, 0.717) is 23.4 Å². The van der Waals surface area contributed by atoms with E-state index in [0.717, 1.165) is 38.3 Å². The van der Waals surface area contributed by atoms with Crippen LogP contribution in [0.25, 0.3) is 0 Å². The lowest BCUT2D eigenvalue weighted by molar-refractivity contribution is -0.117. The van der Waals surface area contributed by atoms with E-state index in [1.807, 2.05) is 24.3 Å². The Hall–Kier alpha value is -3.35. The molecule has 0 spiro atoms. The number of nitriles is 2. The van der Waals surface area contributed by atoms with Crippen molar-refractivity contribution in [2.45, 2.75) is 6.42 Å². The van der Waals surface area contributed by atoms with Gasteiger partial charge in [-0.05, 0) is 36.8 Å². The van der Waals surface area contributed by atoms with Crippen molar-refractivity contribution in [1.29, 1.82) is 10.5 Å². The lowest BCUT2D eigenvalue weighted by Crippen LogP contribution is -2.36. The molecule has 0 radical (unpaired) electrons. The fraction of sp³-hybridized carbons (Fsp3) is 0.286. The Morgan fingerprint density at radius 3 is 2.67 bits per heavy atom. The predicted octanol–water partition coefficient (Wildman–Crippen LogP) is 2.58. The molecule has 1 aliphatic rings. The van der Waals surface area contributed by atoms with Crippen LogP contribution in [-0.4, -0.2) is 43.5 Å². The van der Waals surface area contributed by atoms with Crippen molar-refractivity contribution in [3.8, 4) is 12.1 Å². The van der Waals surface area contributed by atoms with Crippen LogP contribution >= 0.6 is 0 Å². The number of para-hydroxylation sites is 1. The Labute approximate surface area is 159 Å². The fourth-order valence-electron chi connectivity index (χ4n) is 3.28. The molecular formula is C21H21N5O. The summed E-state index contributed by atoms with van der Waals surface area (Å²) in [5.74, 6) is -0.0871. The first-order chi connectivity index (χ1) is 13.2. The zero-order valence-corrected chi connectivity index (χ0v) is 15.1. The number of anilines is 2. The van der Waals surface area contributed by atoms with Gasteiger partial charge >= 0.3 is 0 Å². The third-order valence-corrected chi connectivity index (χ3v) is 4.60. The van der Waals surface area contributed by atoms with Crippen LogP contribution in [0.15, 0.2) is 48.5 Å². The minimum absolute atomic E-state index is 0.0871. The number of hydrogen-bond acceptors (Lipinski definition) is 5. The quantitative estimate of drug-likeness (QED) is 0.907. The van der Waals surface area contributed by atoms with E-state index < -0.39 is 0 Å². The van der Waals surface area contributed by atoms with E-state index in [-0.39, 0.29) is 5.91 Å². The molecular weight excluding hydrogens is 338 g/mol. The van der Waals surface area contributed by atoms with Crippen LogP contribution in [-0.2, 0) is 4.79 Å². The van der Waals surface area contributed by atoms with Crippen molar-refractivity contribution in [3.63, 3.8) is 0 Å². The summed E-state index contributed by atoms with van der Waals surface area (Å²) in [5.41, 5.74) is 2.80. The summed E-state index contributed by atoms with van der Waals surface area (Å²) in [6.45, 7) is 3.53. The minimum atomic E-state index is -0.0871. The number of nitrogens with one attached hydrogen (secondary N) is 1. The van der Waals surface area contributed by atoms with Crippen molar-refractivity contribution in [1.82, 2.24) is 4.90 Å². The van der Waals surface area contributed by atoms with Gasteiger partial charge < -0.3 is 10.2 Å². The molecule has 136 valence electrons. The van der Waals surface area contributed by atoms with Crippen LogP contribution in [0.1, 0.15) is 17.5 Å². The zero-order chi connectivity index (χ0) is 19.1. The Kier molecular flexibility index (Phi) is 6.04. The number of nitrogens with zero attached hydrogens (tertiary/aromatic N) is 4. The van der Waals surface area contributed by atoms with E-state index in [1.54, 1.807) is 24.3 Å². The lowest BCUT2D eigenvalue weighted by atomic mass is 10.1. The second-order valence-electron chi connectivity index (χ2n) is 6.49. The summed E-state index contributed by atoms with van der Waals surface area (Å²) in [6, 6.07) is 18.9. The molecule has 1 N–H and O–H groups in total. The number of amides is 1. The molecule has 27 heavy (non-hydrogen) atoms. The molecule has 0 saturated carbocycles. The maximum absolute atomic E-state index is 12.4. The number of hydrogen-bond donors (Lipinski definition) is 1. The van der Waals surface area contributed by atoms with E-state index in [1.165, 1.54) is 0 Å². The summed E-state index contributed by atoms with van der Waals surface area (Å²) >= 11 is 0. The zero-order valence-electron chi connectivity index (χ0n) is 15.1. The van der Waals surface area contributed by atoms with Crippen LogP contribution < -0.4 is 10.2 Å². The van der Waals surface area contributed by atoms with Crippen molar-refractivity contribution in [2.24, 2.45) is 0 Å². The fourth-order valence-corrected chi connectivity index (χ4v) is 3.28. The molecule has 2 aromatic carbocycles. The van der Waals surface area contributed by atoms with Gasteiger partial charge in [-0.1, -0.05) is 18.2 Å². The third-order valence-electron chi connectivity index (χ3n) is 4.60. The molecule has 1 heterocycles. The Morgan fingerprint density at radius 1 is 1.00 bits per heavy atom. The second kappa shape index (κ2) is 8.84. The smallest absolute Gasteiger partial charge is 0.238 e. The summed E-state index contributed by atoms with van der Waals surface area (Å²) in [6.07, 6.45) is 0.928. The maximum Gasteiger partial charge on any atom is 0.238 e. The Balaban J connectivity index is 1.57. The van der Waals surface area contributed by atoms with Crippen LogP contribution in [0.5, 0.6) is 0 Å². The van der Waals surface area contributed by atoms with Crippen molar-refractivity contribution < 1.29 is 4.79 Å². The van der Waals surface area contributed by atoms with Gasteiger partial charge in [-0.2, -0.15) is 10.5 Å². The molecule has 1 aliphatic heterocycles. The molecule has 6 heteroatoms. The highest BCUT2D eigenvalue weighted by Crippen LogP contribution is 2.21. The number of carbonyl (C=O) groups is 1. The number of rotatable bonds is 4. The van der Waals surface area contributed by atoms with Crippen LogP contribution in [0.2, 0.25) is 0 Å². The standard InChI is InChI=1S/C21H21N5O/c22-14-17-5-3-7-19(13-17)24-21(27)16-25-9-4-10-26(12-11-25)20-8-2-1-6-18(20)15-23/h1-3,5-8,13H,4,9-12,16H2,(H,24,27). The van der Waals surface area contributed by atoms with Gasteiger partial charge in [0.1, 0.15) is 6.07 Å². The Bertz CT molecular complexity index is 896. The summed E-state index contributed by atoms with van der Waals surface area (Å²) in [4.78, 5) is 16.7. The molecule has 1 saturated heterocycles. The predicted molar refractivity (Wildman–Crippen MR) is 104 cm³/mol. The van der Waals surface area contributed by atoms with Crippen molar-refractivity contribution >= 4 is 17.3 Å².